The van der Waals surface area contributed by atoms with Gasteiger partial charge in [0.15, 0.2) is 5.16 Å². The van der Waals surface area contributed by atoms with E-state index in [0.717, 1.165) is 16.5 Å². The average molecular weight is 380 g/mol. The molecule has 2 aromatic carbocycles. The summed E-state index contributed by atoms with van der Waals surface area (Å²) in [5, 5.41) is 0.826. The molecule has 140 valence electrons. The van der Waals surface area contributed by atoms with Gasteiger partial charge in [-0.25, -0.2) is 4.98 Å². The molecule has 5 heteroatoms. The number of aryl methyl sites for hydroxylation is 2. The number of carbonyl (C=O) groups excluding carboxylic acids is 1. The lowest BCUT2D eigenvalue weighted by Crippen LogP contribution is -2.38. The summed E-state index contributed by atoms with van der Waals surface area (Å²) < 4.78 is 2.05. The number of imidazole rings is 1. The summed E-state index contributed by atoms with van der Waals surface area (Å²) in [4.78, 5) is 19.2. The number of benzene rings is 2. The second-order valence-electron chi connectivity index (χ2n) is 6.85. The van der Waals surface area contributed by atoms with E-state index in [2.05, 4.69) is 41.6 Å². The van der Waals surface area contributed by atoms with E-state index in [4.69, 9.17) is 0 Å². The van der Waals surface area contributed by atoms with Gasteiger partial charge in [0.1, 0.15) is 0 Å². The van der Waals surface area contributed by atoms with Gasteiger partial charge in [-0.1, -0.05) is 47.7 Å². The van der Waals surface area contributed by atoms with E-state index in [1.165, 1.54) is 22.9 Å². The van der Waals surface area contributed by atoms with Crippen molar-refractivity contribution >= 4 is 23.4 Å². The minimum Gasteiger partial charge on any atom is -0.309 e. The van der Waals surface area contributed by atoms with E-state index in [9.17, 15) is 4.79 Å². The molecular formula is C22H25N3OS. The Morgan fingerprint density at radius 1 is 1.15 bits per heavy atom. The van der Waals surface area contributed by atoms with Crippen LogP contribution in [-0.4, -0.2) is 27.3 Å². The minimum absolute atomic E-state index is 0.0800. The number of carbonyl (C=O) groups is 1. The summed E-state index contributed by atoms with van der Waals surface area (Å²) in [6.07, 6.45) is 3.73. The van der Waals surface area contributed by atoms with Gasteiger partial charge in [-0.3, -0.25) is 9.36 Å². The number of aromatic nitrogens is 2. The average Bonchev–Trinajstić information content (AvgIpc) is 3.09. The fourth-order valence-corrected chi connectivity index (χ4v) is 4.00. The van der Waals surface area contributed by atoms with E-state index in [0.29, 0.717) is 5.75 Å². The van der Waals surface area contributed by atoms with E-state index in [-0.39, 0.29) is 11.9 Å². The third kappa shape index (κ3) is 4.42. The van der Waals surface area contributed by atoms with Gasteiger partial charge in [0.05, 0.1) is 11.4 Å². The summed E-state index contributed by atoms with van der Waals surface area (Å²) in [6, 6.07) is 16.3. The van der Waals surface area contributed by atoms with E-state index >= 15 is 0 Å². The SMILES string of the molecule is Cc1ccc(-n2ccnc2SCC(=O)N(c2ccccc2)C(C)C)c(C)c1. The fraction of sp³-hybridized carbons (Fsp3) is 0.273. The molecule has 1 aromatic heterocycles. The van der Waals surface area contributed by atoms with E-state index in [1.54, 1.807) is 6.20 Å². The van der Waals surface area contributed by atoms with Crippen molar-refractivity contribution in [2.24, 2.45) is 0 Å². The lowest BCUT2D eigenvalue weighted by Gasteiger charge is -2.26. The van der Waals surface area contributed by atoms with Crippen molar-refractivity contribution in [1.82, 2.24) is 9.55 Å². The molecule has 0 saturated heterocycles. The highest BCUT2D eigenvalue weighted by Crippen LogP contribution is 2.25. The summed E-state index contributed by atoms with van der Waals surface area (Å²) in [5.41, 5.74) is 4.44. The van der Waals surface area contributed by atoms with Crippen molar-refractivity contribution in [1.29, 1.82) is 0 Å². The number of hydrogen-bond acceptors (Lipinski definition) is 3. The van der Waals surface area contributed by atoms with Gasteiger partial charge < -0.3 is 4.90 Å². The molecule has 0 saturated carbocycles. The zero-order valence-electron chi connectivity index (χ0n) is 16.2. The van der Waals surface area contributed by atoms with Crippen LogP contribution in [0.3, 0.4) is 0 Å². The lowest BCUT2D eigenvalue weighted by molar-refractivity contribution is -0.116. The molecule has 0 aliphatic heterocycles. The second-order valence-corrected chi connectivity index (χ2v) is 7.79. The molecule has 0 aliphatic carbocycles. The van der Waals surface area contributed by atoms with Gasteiger partial charge in [0.2, 0.25) is 5.91 Å². The van der Waals surface area contributed by atoms with Gasteiger partial charge in [0.25, 0.3) is 0 Å². The van der Waals surface area contributed by atoms with Gasteiger partial charge in [-0.05, 0) is 51.5 Å². The maximum absolute atomic E-state index is 12.9. The van der Waals surface area contributed by atoms with Crippen molar-refractivity contribution in [3.05, 3.63) is 72.1 Å². The summed E-state index contributed by atoms with van der Waals surface area (Å²) in [5.74, 6) is 0.422. The zero-order valence-corrected chi connectivity index (χ0v) is 17.0. The topological polar surface area (TPSA) is 38.1 Å². The van der Waals surface area contributed by atoms with Crippen LogP contribution >= 0.6 is 11.8 Å². The van der Waals surface area contributed by atoms with Crippen LogP contribution in [0.25, 0.3) is 5.69 Å². The smallest absolute Gasteiger partial charge is 0.237 e. The molecule has 1 amide bonds. The molecule has 0 bridgehead atoms. The molecule has 3 aromatic rings. The summed E-state index contributed by atoms with van der Waals surface area (Å²) in [7, 11) is 0. The maximum atomic E-state index is 12.9. The van der Waals surface area contributed by atoms with Crippen LogP contribution in [0.1, 0.15) is 25.0 Å². The highest BCUT2D eigenvalue weighted by atomic mass is 32.2. The second kappa shape index (κ2) is 8.44. The number of nitrogens with zero attached hydrogens (tertiary/aromatic N) is 3. The number of amides is 1. The van der Waals surface area contributed by atoms with Crippen molar-refractivity contribution in [2.45, 2.75) is 38.9 Å². The number of para-hydroxylation sites is 1. The third-order valence-corrected chi connectivity index (χ3v) is 5.31. The monoisotopic (exact) mass is 379 g/mol. The van der Waals surface area contributed by atoms with Crippen molar-refractivity contribution < 1.29 is 4.79 Å². The van der Waals surface area contributed by atoms with Crippen LogP contribution in [0.2, 0.25) is 0 Å². The fourth-order valence-electron chi connectivity index (χ4n) is 3.17. The largest absolute Gasteiger partial charge is 0.309 e. The Morgan fingerprint density at radius 3 is 2.56 bits per heavy atom. The quantitative estimate of drug-likeness (QED) is 0.564. The van der Waals surface area contributed by atoms with Crippen LogP contribution in [-0.2, 0) is 4.79 Å². The van der Waals surface area contributed by atoms with Gasteiger partial charge in [0, 0.05) is 24.1 Å². The normalized spacial score (nSPS) is 11.0. The van der Waals surface area contributed by atoms with Crippen molar-refractivity contribution in [2.75, 3.05) is 10.7 Å². The van der Waals surface area contributed by atoms with Gasteiger partial charge in [-0.2, -0.15) is 0 Å². The lowest BCUT2D eigenvalue weighted by atomic mass is 10.1. The van der Waals surface area contributed by atoms with Crippen molar-refractivity contribution in [3.8, 4) is 5.69 Å². The first kappa shape index (κ1) is 19.2. The molecule has 4 nitrogen and oxygen atoms in total. The van der Waals surface area contributed by atoms with Crippen LogP contribution in [0.5, 0.6) is 0 Å². The Morgan fingerprint density at radius 2 is 1.89 bits per heavy atom. The Balaban J connectivity index is 1.77. The van der Waals surface area contributed by atoms with Crippen LogP contribution < -0.4 is 4.90 Å². The number of thioether (sulfide) groups is 1. The number of anilines is 1. The van der Waals surface area contributed by atoms with Crippen LogP contribution in [0, 0.1) is 13.8 Å². The van der Waals surface area contributed by atoms with E-state index < -0.39 is 0 Å². The van der Waals surface area contributed by atoms with Crippen molar-refractivity contribution in [3.63, 3.8) is 0 Å². The predicted molar refractivity (Wildman–Crippen MR) is 113 cm³/mol. The highest BCUT2D eigenvalue weighted by Gasteiger charge is 2.20. The van der Waals surface area contributed by atoms with Gasteiger partial charge in [-0.15, -0.1) is 0 Å². The Labute approximate surface area is 165 Å². The molecule has 0 aliphatic rings. The standard InChI is InChI=1S/C22H25N3OS/c1-16(2)25(19-8-6-5-7-9-19)21(26)15-27-22-23-12-13-24(22)20-11-10-17(3)14-18(20)4/h5-14,16H,15H2,1-4H3. The molecule has 27 heavy (non-hydrogen) atoms. The molecule has 0 spiro atoms. The maximum Gasteiger partial charge on any atom is 0.237 e. The Bertz CT molecular complexity index is 918. The summed E-state index contributed by atoms with van der Waals surface area (Å²) >= 11 is 1.47. The summed E-state index contributed by atoms with van der Waals surface area (Å²) in [6.45, 7) is 8.25. The molecule has 0 fully saturated rings. The minimum atomic E-state index is 0.0800. The molecule has 0 radical (unpaired) electrons. The Hall–Kier alpha value is -2.53. The molecule has 1 heterocycles. The van der Waals surface area contributed by atoms with Gasteiger partial charge >= 0.3 is 0 Å². The first-order valence-corrected chi connectivity index (χ1v) is 10.1. The number of rotatable bonds is 6. The van der Waals surface area contributed by atoms with Crippen LogP contribution in [0.4, 0.5) is 5.69 Å². The third-order valence-electron chi connectivity index (χ3n) is 4.36. The van der Waals surface area contributed by atoms with E-state index in [1.807, 2.05) is 55.3 Å². The number of hydrogen-bond donors (Lipinski definition) is 0. The molecule has 0 atom stereocenters. The molecule has 0 N–H and O–H groups in total. The first-order valence-electron chi connectivity index (χ1n) is 9.08. The highest BCUT2D eigenvalue weighted by molar-refractivity contribution is 7.99. The zero-order chi connectivity index (χ0) is 19.4. The predicted octanol–water partition coefficient (Wildman–Crippen LogP) is 5.02. The first-order chi connectivity index (χ1) is 13.0. The molecular weight excluding hydrogens is 354 g/mol. The van der Waals surface area contributed by atoms with Crippen LogP contribution in [0.15, 0.2) is 66.1 Å². The molecule has 3 rings (SSSR count). The Kier molecular flexibility index (Phi) is 6.01. The molecule has 0 unspecified atom stereocenters.